The Balaban J connectivity index is 1.84. The smallest absolute Gasteiger partial charge is 0.315 e. The first-order chi connectivity index (χ1) is 8.99. The molecule has 2 saturated carbocycles. The summed E-state index contributed by atoms with van der Waals surface area (Å²) >= 11 is 0. The molecule has 4 unspecified atom stereocenters. The molecule has 3 N–H and O–H groups in total. The van der Waals surface area contributed by atoms with Gasteiger partial charge >= 0.3 is 12.0 Å². The monoisotopic (exact) mass is 269 g/mol. The molecule has 2 bridgehead atoms. The van der Waals surface area contributed by atoms with Crippen LogP contribution in [0.5, 0.6) is 0 Å². The molecule has 6 heteroatoms. The first-order valence-electron chi connectivity index (χ1n) is 6.91. The highest BCUT2D eigenvalue weighted by atomic mass is 16.4. The molecule has 4 atom stereocenters. The van der Waals surface area contributed by atoms with Crippen molar-refractivity contribution < 1.29 is 14.7 Å². The van der Waals surface area contributed by atoms with Gasteiger partial charge in [-0.3, -0.25) is 4.79 Å². The Kier molecular flexibility index (Phi) is 4.29. The van der Waals surface area contributed by atoms with Crippen LogP contribution in [-0.4, -0.2) is 55.2 Å². The van der Waals surface area contributed by atoms with Gasteiger partial charge in [-0.05, 0) is 45.2 Å². The quantitative estimate of drug-likeness (QED) is 0.672. The summed E-state index contributed by atoms with van der Waals surface area (Å²) in [6.07, 6.45) is 2.97. The lowest BCUT2D eigenvalue weighted by molar-refractivity contribution is -0.144. The predicted molar refractivity (Wildman–Crippen MR) is 70.8 cm³/mol. The summed E-state index contributed by atoms with van der Waals surface area (Å²) in [5, 5.41) is 14.9. The molecule has 0 aromatic heterocycles. The number of carbonyl (C=O) groups excluding carboxylic acids is 1. The number of aliphatic carboxylic acids is 1. The number of likely N-dealkylation sites (N-methyl/N-ethyl adjacent to an activating group) is 1. The fourth-order valence-electron chi connectivity index (χ4n) is 3.45. The highest BCUT2D eigenvalue weighted by Gasteiger charge is 2.51. The van der Waals surface area contributed by atoms with E-state index >= 15 is 0 Å². The van der Waals surface area contributed by atoms with Gasteiger partial charge in [0.15, 0.2) is 0 Å². The van der Waals surface area contributed by atoms with Gasteiger partial charge in [-0.15, -0.1) is 0 Å². The minimum Gasteiger partial charge on any atom is -0.481 e. The molecule has 0 heterocycles. The van der Waals surface area contributed by atoms with Gasteiger partial charge in [-0.25, -0.2) is 4.79 Å². The van der Waals surface area contributed by atoms with E-state index in [0.29, 0.717) is 12.5 Å². The topological polar surface area (TPSA) is 81.7 Å². The Bertz CT molecular complexity index is 359. The normalized spacial score (nSPS) is 32.6. The average molecular weight is 269 g/mol. The third-order valence-electron chi connectivity index (χ3n) is 4.34. The molecule has 2 aliphatic rings. The minimum atomic E-state index is -0.772. The molecule has 0 spiro atoms. The molecule has 0 aromatic rings. The van der Waals surface area contributed by atoms with E-state index in [1.807, 2.05) is 19.0 Å². The van der Waals surface area contributed by atoms with Crippen LogP contribution in [0.4, 0.5) is 4.79 Å². The van der Waals surface area contributed by atoms with Crippen molar-refractivity contribution in [3.63, 3.8) is 0 Å². The molecular weight excluding hydrogens is 246 g/mol. The number of urea groups is 1. The second kappa shape index (κ2) is 5.77. The van der Waals surface area contributed by atoms with Crippen LogP contribution in [-0.2, 0) is 4.79 Å². The van der Waals surface area contributed by atoms with Crippen LogP contribution in [0.1, 0.15) is 19.3 Å². The van der Waals surface area contributed by atoms with Crippen molar-refractivity contribution >= 4 is 12.0 Å². The van der Waals surface area contributed by atoms with Crippen molar-refractivity contribution in [2.45, 2.75) is 25.3 Å². The van der Waals surface area contributed by atoms with Crippen LogP contribution in [0.25, 0.3) is 0 Å². The molecule has 2 amide bonds. The summed E-state index contributed by atoms with van der Waals surface area (Å²) < 4.78 is 0. The number of nitrogens with one attached hydrogen (secondary N) is 2. The lowest BCUT2D eigenvalue weighted by Gasteiger charge is -2.28. The number of carbonyl (C=O) groups is 2. The van der Waals surface area contributed by atoms with Crippen LogP contribution >= 0.6 is 0 Å². The molecular formula is C13H23N3O3. The van der Waals surface area contributed by atoms with Gasteiger partial charge in [0.05, 0.1) is 5.92 Å². The maximum atomic E-state index is 11.8. The van der Waals surface area contributed by atoms with Crippen molar-refractivity contribution in [1.29, 1.82) is 0 Å². The molecule has 2 fully saturated rings. The zero-order valence-corrected chi connectivity index (χ0v) is 11.6. The molecule has 19 heavy (non-hydrogen) atoms. The van der Waals surface area contributed by atoms with Gasteiger partial charge in [0.2, 0.25) is 0 Å². The molecule has 0 saturated heterocycles. The summed E-state index contributed by atoms with van der Waals surface area (Å²) in [6, 6.07) is -0.443. The first-order valence-corrected chi connectivity index (χ1v) is 6.91. The SMILES string of the molecule is CN(C)CCNC(=O)NC1C2CCC(C2)C1C(=O)O. The zero-order valence-electron chi connectivity index (χ0n) is 11.6. The number of nitrogens with zero attached hydrogens (tertiary/aromatic N) is 1. The van der Waals surface area contributed by atoms with Crippen LogP contribution < -0.4 is 10.6 Å². The Morgan fingerprint density at radius 2 is 1.95 bits per heavy atom. The van der Waals surface area contributed by atoms with Gasteiger partial charge in [0.25, 0.3) is 0 Å². The van der Waals surface area contributed by atoms with E-state index in [1.165, 1.54) is 0 Å². The lowest BCUT2D eigenvalue weighted by Crippen LogP contribution is -2.50. The highest BCUT2D eigenvalue weighted by Crippen LogP contribution is 2.48. The molecule has 6 nitrogen and oxygen atoms in total. The van der Waals surface area contributed by atoms with Crippen LogP contribution in [0.15, 0.2) is 0 Å². The number of amides is 2. The summed E-state index contributed by atoms with van der Waals surface area (Å²) in [5.41, 5.74) is 0. The maximum Gasteiger partial charge on any atom is 0.315 e. The van der Waals surface area contributed by atoms with Crippen molar-refractivity contribution in [1.82, 2.24) is 15.5 Å². The number of hydrogen-bond donors (Lipinski definition) is 3. The number of fused-ring (bicyclic) bond motifs is 2. The van der Waals surface area contributed by atoms with E-state index in [-0.39, 0.29) is 18.0 Å². The van der Waals surface area contributed by atoms with E-state index in [4.69, 9.17) is 0 Å². The largest absolute Gasteiger partial charge is 0.481 e. The van der Waals surface area contributed by atoms with Crippen LogP contribution in [0.2, 0.25) is 0 Å². The second-order valence-corrected chi connectivity index (χ2v) is 5.93. The standard InChI is InChI=1S/C13H23N3O3/c1-16(2)6-5-14-13(19)15-11-9-4-3-8(7-9)10(11)12(17)18/h8-11H,3-7H2,1-2H3,(H,17,18)(H2,14,15,19). The maximum absolute atomic E-state index is 11.8. The highest BCUT2D eigenvalue weighted by molar-refractivity contribution is 5.77. The molecule has 108 valence electrons. The second-order valence-electron chi connectivity index (χ2n) is 5.93. The van der Waals surface area contributed by atoms with Crippen LogP contribution in [0, 0.1) is 17.8 Å². The van der Waals surface area contributed by atoms with Crippen molar-refractivity contribution in [3.05, 3.63) is 0 Å². The number of carboxylic acids is 1. The molecule has 2 rings (SSSR count). The Morgan fingerprint density at radius 3 is 2.58 bits per heavy atom. The summed E-state index contributed by atoms with van der Waals surface area (Å²) in [4.78, 5) is 25.1. The Hall–Kier alpha value is -1.30. The number of hydrogen-bond acceptors (Lipinski definition) is 3. The van der Waals surface area contributed by atoms with E-state index in [0.717, 1.165) is 25.8 Å². The van der Waals surface area contributed by atoms with Crippen molar-refractivity contribution in [2.75, 3.05) is 27.2 Å². The van der Waals surface area contributed by atoms with Gasteiger partial charge in [-0.1, -0.05) is 0 Å². The van der Waals surface area contributed by atoms with E-state index in [1.54, 1.807) is 0 Å². The van der Waals surface area contributed by atoms with Gasteiger partial charge in [0, 0.05) is 19.1 Å². The first kappa shape index (κ1) is 14.1. The fraction of sp³-hybridized carbons (Fsp3) is 0.846. The molecule has 0 aromatic carbocycles. The number of carboxylic acid groups (broad SMARTS) is 1. The summed E-state index contributed by atoms with van der Waals surface area (Å²) in [7, 11) is 3.88. The average Bonchev–Trinajstić information content (AvgIpc) is 2.88. The molecule has 0 aliphatic heterocycles. The third kappa shape index (κ3) is 3.18. The Labute approximate surface area is 113 Å². The van der Waals surface area contributed by atoms with Gasteiger partial charge < -0.3 is 20.6 Å². The van der Waals surface area contributed by atoms with E-state index in [9.17, 15) is 14.7 Å². The third-order valence-corrected chi connectivity index (χ3v) is 4.34. The van der Waals surface area contributed by atoms with Gasteiger partial charge in [0.1, 0.15) is 0 Å². The van der Waals surface area contributed by atoms with Crippen molar-refractivity contribution in [2.24, 2.45) is 17.8 Å². The summed E-state index contributed by atoms with van der Waals surface area (Å²) in [5.74, 6) is -0.593. The summed E-state index contributed by atoms with van der Waals surface area (Å²) in [6.45, 7) is 1.34. The predicted octanol–water partition coefficient (Wildman–Crippen LogP) is 0.347. The van der Waals surface area contributed by atoms with Crippen molar-refractivity contribution in [3.8, 4) is 0 Å². The fourth-order valence-corrected chi connectivity index (χ4v) is 3.45. The Morgan fingerprint density at radius 1 is 1.26 bits per heavy atom. The zero-order chi connectivity index (χ0) is 14.0. The lowest BCUT2D eigenvalue weighted by atomic mass is 9.84. The van der Waals surface area contributed by atoms with Gasteiger partial charge in [-0.2, -0.15) is 0 Å². The number of rotatable bonds is 5. The molecule has 0 radical (unpaired) electrons. The molecule has 2 aliphatic carbocycles. The minimum absolute atomic E-state index is 0.199. The van der Waals surface area contributed by atoms with E-state index < -0.39 is 11.9 Å². The van der Waals surface area contributed by atoms with Crippen LogP contribution in [0.3, 0.4) is 0 Å². The van der Waals surface area contributed by atoms with E-state index in [2.05, 4.69) is 10.6 Å².